The fourth-order valence-corrected chi connectivity index (χ4v) is 5.11. The molecule has 1 aromatic rings. The predicted octanol–water partition coefficient (Wildman–Crippen LogP) is 3.12. The molecule has 1 aromatic heterocycles. The number of aromatic nitrogens is 2. The number of anilines is 2. The Labute approximate surface area is 178 Å². The first kappa shape index (κ1) is 21.9. The van der Waals surface area contributed by atoms with E-state index >= 15 is 0 Å². The zero-order chi connectivity index (χ0) is 21.0. The van der Waals surface area contributed by atoms with Gasteiger partial charge in [0, 0.05) is 18.6 Å². The number of nitrogens with zero attached hydrogens (tertiary/aromatic N) is 2. The molecule has 0 unspecified atom stereocenters. The van der Waals surface area contributed by atoms with E-state index in [-0.39, 0.29) is 11.9 Å². The zero-order valence-electron chi connectivity index (χ0n) is 17.7. The number of H-pyrrole nitrogens is 1. The number of hydrogen-bond acceptors (Lipinski definition) is 4. The fraction of sp³-hybridized carbons (Fsp3) is 0.762. The number of nitrogens with two attached hydrogens (primary N) is 1. The summed E-state index contributed by atoms with van der Waals surface area (Å²) in [6.07, 6.45) is 10.6. The summed E-state index contributed by atoms with van der Waals surface area (Å²) < 4.78 is 1.48. The molecule has 0 amide bonds. The SMILES string of the molecule is CCCCn1c(N)c(N(C(=S)N[C@H]2CCCC[C@@H]2C)C2CCCC2)c(=O)[nH]c1=O. The second-order valence-electron chi connectivity index (χ2n) is 8.62. The summed E-state index contributed by atoms with van der Waals surface area (Å²) in [6.45, 7) is 4.80. The lowest BCUT2D eigenvalue weighted by atomic mass is 9.86. The number of unbranched alkanes of at least 4 members (excludes halogenated alkanes) is 1. The first-order valence-electron chi connectivity index (χ1n) is 11.2. The molecule has 0 spiro atoms. The van der Waals surface area contributed by atoms with Crippen LogP contribution in [0.2, 0.25) is 0 Å². The lowest BCUT2D eigenvalue weighted by molar-refractivity contribution is 0.308. The maximum atomic E-state index is 12.9. The van der Waals surface area contributed by atoms with Gasteiger partial charge in [0.2, 0.25) is 0 Å². The van der Waals surface area contributed by atoms with Crippen molar-refractivity contribution >= 4 is 28.8 Å². The van der Waals surface area contributed by atoms with Crippen LogP contribution in [0.5, 0.6) is 0 Å². The first-order chi connectivity index (χ1) is 13.9. The third-order valence-electron chi connectivity index (χ3n) is 6.52. The van der Waals surface area contributed by atoms with Crippen molar-refractivity contribution in [1.29, 1.82) is 0 Å². The molecule has 4 N–H and O–H groups in total. The predicted molar refractivity (Wildman–Crippen MR) is 123 cm³/mol. The molecular formula is C21H35N5O2S. The van der Waals surface area contributed by atoms with Crippen LogP contribution in [0.15, 0.2) is 9.59 Å². The van der Waals surface area contributed by atoms with Gasteiger partial charge in [0.1, 0.15) is 5.82 Å². The lowest BCUT2D eigenvalue weighted by Crippen LogP contribution is -2.53. The van der Waals surface area contributed by atoms with Gasteiger partial charge in [-0.3, -0.25) is 14.3 Å². The summed E-state index contributed by atoms with van der Waals surface area (Å²) in [7, 11) is 0. The topological polar surface area (TPSA) is 96.2 Å². The third kappa shape index (κ3) is 4.85. The molecule has 0 aromatic carbocycles. The minimum Gasteiger partial charge on any atom is -0.383 e. The van der Waals surface area contributed by atoms with Crippen LogP contribution in [0.1, 0.15) is 78.1 Å². The molecule has 7 nitrogen and oxygen atoms in total. The van der Waals surface area contributed by atoms with Crippen molar-refractivity contribution in [2.45, 2.75) is 96.7 Å². The van der Waals surface area contributed by atoms with E-state index in [2.05, 4.69) is 24.1 Å². The molecule has 8 heteroatoms. The van der Waals surface area contributed by atoms with Crippen LogP contribution in [-0.4, -0.2) is 26.7 Å². The van der Waals surface area contributed by atoms with E-state index in [0.717, 1.165) is 44.9 Å². The molecule has 2 atom stereocenters. The Kier molecular flexibility index (Phi) is 7.38. The monoisotopic (exact) mass is 421 g/mol. The van der Waals surface area contributed by atoms with E-state index in [9.17, 15) is 9.59 Å². The summed E-state index contributed by atoms with van der Waals surface area (Å²) in [6, 6.07) is 0.445. The van der Waals surface area contributed by atoms with E-state index in [1.807, 2.05) is 4.90 Å². The second kappa shape index (κ2) is 9.78. The van der Waals surface area contributed by atoms with Gasteiger partial charge in [0.25, 0.3) is 5.56 Å². The minimum absolute atomic E-state index is 0.134. The van der Waals surface area contributed by atoms with Crippen molar-refractivity contribution < 1.29 is 0 Å². The molecule has 2 saturated carbocycles. The van der Waals surface area contributed by atoms with Crippen LogP contribution in [0.3, 0.4) is 0 Å². The van der Waals surface area contributed by atoms with Gasteiger partial charge in [-0.2, -0.15) is 0 Å². The van der Waals surface area contributed by atoms with E-state index in [0.29, 0.717) is 29.3 Å². The molecule has 2 aliphatic rings. The number of aromatic amines is 1. The molecule has 0 radical (unpaired) electrons. The maximum absolute atomic E-state index is 12.9. The molecule has 162 valence electrons. The van der Waals surface area contributed by atoms with Crippen molar-refractivity contribution in [1.82, 2.24) is 14.9 Å². The Bertz CT molecular complexity index is 827. The summed E-state index contributed by atoms with van der Waals surface area (Å²) in [5, 5.41) is 4.10. The van der Waals surface area contributed by atoms with Gasteiger partial charge in [-0.25, -0.2) is 4.79 Å². The van der Waals surface area contributed by atoms with E-state index < -0.39 is 11.2 Å². The average Bonchev–Trinajstić information content (AvgIpc) is 3.20. The molecule has 29 heavy (non-hydrogen) atoms. The second-order valence-corrected chi connectivity index (χ2v) is 9.01. The normalized spacial score (nSPS) is 22.6. The van der Waals surface area contributed by atoms with Gasteiger partial charge in [-0.05, 0) is 50.2 Å². The molecule has 2 aliphatic carbocycles. The molecule has 0 saturated heterocycles. The first-order valence-corrected chi connectivity index (χ1v) is 11.6. The Hall–Kier alpha value is -1.83. The van der Waals surface area contributed by atoms with E-state index in [1.54, 1.807) is 0 Å². The Balaban J connectivity index is 1.97. The van der Waals surface area contributed by atoms with Crippen LogP contribution in [-0.2, 0) is 6.54 Å². The lowest BCUT2D eigenvalue weighted by Gasteiger charge is -2.37. The van der Waals surface area contributed by atoms with Crippen LogP contribution >= 0.6 is 12.2 Å². The summed E-state index contributed by atoms with van der Waals surface area (Å²) >= 11 is 5.83. The van der Waals surface area contributed by atoms with Crippen molar-refractivity contribution in [3.63, 3.8) is 0 Å². The fourth-order valence-electron chi connectivity index (χ4n) is 4.72. The Morgan fingerprint density at radius 2 is 1.86 bits per heavy atom. The maximum Gasteiger partial charge on any atom is 0.330 e. The van der Waals surface area contributed by atoms with Gasteiger partial charge in [0.15, 0.2) is 10.8 Å². The Morgan fingerprint density at radius 3 is 2.52 bits per heavy atom. The van der Waals surface area contributed by atoms with Gasteiger partial charge in [0.05, 0.1) is 0 Å². The van der Waals surface area contributed by atoms with Crippen LogP contribution in [0, 0.1) is 5.92 Å². The smallest absolute Gasteiger partial charge is 0.330 e. The number of nitrogen functional groups attached to an aromatic ring is 1. The van der Waals surface area contributed by atoms with Gasteiger partial charge in [-0.15, -0.1) is 0 Å². The highest BCUT2D eigenvalue weighted by molar-refractivity contribution is 7.80. The van der Waals surface area contributed by atoms with Gasteiger partial charge < -0.3 is 16.0 Å². The third-order valence-corrected chi connectivity index (χ3v) is 6.83. The molecule has 1 heterocycles. The van der Waals surface area contributed by atoms with E-state index in [4.69, 9.17) is 18.0 Å². The summed E-state index contributed by atoms with van der Waals surface area (Å²) in [5.41, 5.74) is 5.83. The van der Waals surface area contributed by atoms with Crippen molar-refractivity contribution in [3.05, 3.63) is 20.8 Å². The Morgan fingerprint density at radius 1 is 1.21 bits per heavy atom. The standard InChI is InChI=1S/C21H35N5O2S/c1-3-4-13-25-18(22)17(19(27)24-20(25)28)26(15-10-6-7-11-15)21(29)23-16-12-8-5-9-14(16)2/h14-16H,3-13,22H2,1-2H3,(H,23,29)(H,24,27,28)/t14-,16-/m0/s1. The highest BCUT2D eigenvalue weighted by atomic mass is 32.1. The number of thiocarbonyl (C=S) groups is 1. The summed E-state index contributed by atoms with van der Waals surface area (Å²) in [4.78, 5) is 29.6. The highest BCUT2D eigenvalue weighted by Gasteiger charge is 2.32. The van der Waals surface area contributed by atoms with Crippen LogP contribution in [0.4, 0.5) is 11.5 Å². The molecule has 0 bridgehead atoms. The van der Waals surface area contributed by atoms with Gasteiger partial charge >= 0.3 is 5.69 Å². The summed E-state index contributed by atoms with van der Waals surface area (Å²) in [5.74, 6) is 0.765. The van der Waals surface area contributed by atoms with Crippen molar-refractivity contribution in [2.75, 3.05) is 10.6 Å². The van der Waals surface area contributed by atoms with Crippen molar-refractivity contribution in [2.24, 2.45) is 5.92 Å². The molecule has 0 aliphatic heterocycles. The van der Waals surface area contributed by atoms with E-state index in [1.165, 1.54) is 23.8 Å². The molecule has 2 fully saturated rings. The van der Waals surface area contributed by atoms with Gasteiger partial charge in [-0.1, -0.05) is 46.0 Å². The molecular weight excluding hydrogens is 386 g/mol. The highest BCUT2D eigenvalue weighted by Crippen LogP contribution is 2.30. The van der Waals surface area contributed by atoms with Crippen molar-refractivity contribution in [3.8, 4) is 0 Å². The largest absolute Gasteiger partial charge is 0.383 e. The zero-order valence-corrected chi connectivity index (χ0v) is 18.5. The molecule has 3 rings (SSSR count). The average molecular weight is 422 g/mol. The number of hydrogen-bond donors (Lipinski definition) is 3. The quantitative estimate of drug-likeness (QED) is 0.611. The number of nitrogens with one attached hydrogen (secondary N) is 2. The van der Waals surface area contributed by atoms with Crippen LogP contribution in [0.25, 0.3) is 0 Å². The minimum atomic E-state index is -0.451. The number of rotatable bonds is 6. The van der Waals surface area contributed by atoms with Crippen LogP contribution < -0.4 is 27.2 Å².